The molecule has 1 atom stereocenters. The number of nitrogens with zero attached hydrogens (tertiary/aromatic N) is 4. The Hall–Kier alpha value is -3.07. The average molecular weight is 444 g/mol. The number of nitrogens with one attached hydrogen (secondary N) is 1. The SMILES string of the molecule is Cc1ccc(-c2nnn(CC(=O)OC(C)C(=O)Nc3ccc(Br)cc3)n2)cc1. The molecule has 0 bridgehead atoms. The molecule has 1 N–H and O–H groups in total. The van der Waals surface area contributed by atoms with Crippen LogP contribution in [0.2, 0.25) is 0 Å². The maximum absolute atomic E-state index is 12.2. The number of esters is 1. The third kappa shape index (κ3) is 5.23. The van der Waals surface area contributed by atoms with Gasteiger partial charge in [-0.05, 0) is 43.3 Å². The number of benzene rings is 2. The first-order valence-electron chi connectivity index (χ1n) is 8.51. The number of halogens is 1. The van der Waals surface area contributed by atoms with Crippen molar-refractivity contribution in [1.29, 1.82) is 0 Å². The highest BCUT2D eigenvalue weighted by Gasteiger charge is 2.19. The van der Waals surface area contributed by atoms with E-state index in [1.807, 2.05) is 31.2 Å². The Morgan fingerprint density at radius 3 is 2.50 bits per heavy atom. The Kier molecular flexibility index (Phi) is 6.15. The first kappa shape index (κ1) is 19.7. The van der Waals surface area contributed by atoms with Crippen molar-refractivity contribution < 1.29 is 14.3 Å². The molecule has 3 aromatic rings. The fourth-order valence-electron chi connectivity index (χ4n) is 2.31. The molecule has 0 aliphatic rings. The third-order valence-corrected chi connectivity index (χ3v) is 4.35. The molecule has 8 nitrogen and oxygen atoms in total. The van der Waals surface area contributed by atoms with Crippen molar-refractivity contribution in [1.82, 2.24) is 20.2 Å². The second-order valence-electron chi connectivity index (χ2n) is 6.14. The number of amides is 1. The number of aryl methyl sites for hydroxylation is 1. The molecule has 0 saturated heterocycles. The molecule has 0 aliphatic carbocycles. The molecule has 0 aliphatic heterocycles. The van der Waals surface area contributed by atoms with Crippen LogP contribution in [0.15, 0.2) is 53.0 Å². The summed E-state index contributed by atoms with van der Waals surface area (Å²) in [5.74, 6) is -0.650. The first-order valence-corrected chi connectivity index (χ1v) is 9.31. The van der Waals surface area contributed by atoms with Gasteiger partial charge in [0.15, 0.2) is 12.6 Å². The number of tetrazole rings is 1. The number of ether oxygens (including phenoxy) is 1. The molecular formula is C19H18BrN5O3. The van der Waals surface area contributed by atoms with Crippen LogP contribution in [0.1, 0.15) is 12.5 Å². The van der Waals surface area contributed by atoms with Crippen molar-refractivity contribution in [3.05, 3.63) is 58.6 Å². The van der Waals surface area contributed by atoms with Crippen molar-refractivity contribution in [2.75, 3.05) is 5.32 Å². The lowest BCUT2D eigenvalue weighted by Gasteiger charge is -2.13. The fraction of sp³-hybridized carbons (Fsp3) is 0.211. The van der Waals surface area contributed by atoms with E-state index in [1.165, 1.54) is 6.92 Å². The van der Waals surface area contributed by atoms with Crippen molar-refractivity contribution in [3.63, 3.8) is 0 Å². The van der Waals surface area contributed by atoms with Gasteiger partial charge in [-0.1, -0.05) is 45.8 Å². The van der Waals surface area contributed by atoms with Crippen LogP contribution in [0.25, 0.3) is 11.4 Å². The number of carbonyl (C=O) groups is 2. The Labute approximate surface area is 170 Å². The minimum atomic E-state index is -0.962. The number of hydrogen-bond acceptors (Lipinski definition) is 6. The molecule has 1 aromatic heterocycles. The fourth-order valence-corrected chi connectivity index (χ4v) is 2.57. The average Bonchev–Trinajstić information content (AvgIpc) is 3.12. The zero-order chi connectivity index (χ0) is 20.1. The summed E-state index contributed by atoms with van der Waals surface area (Å²) < 4.78 is 6.05. The molecule has 9 heteroatoms. The summed E-state index contributed by atoms with van der Waals surface area (Å²) >= 11 is 3.32. The highest BCUT2D eigenvalue weighted by molar-refractivity contribution is 9.10. The Morgan fingerprint density at radius 2 is 1.82 bits per heavy atom. The van der Waals surface area contributed by atoms with E-state index < -0.39 is 18.0 Å². The van der Waals surface area contributed by atoms with E-state index in [9.17, 15) is 9.59 Å². The van der Waals surface area contributed by atoms with Crippen LogP contribution in [0.3, 0.4) is 0 Å². The van der Waals surface area contributed by atoms with Crippen molar-refractivity contribution in [2.45, 2.75) is 26.5 Å². The molecule has 0 fully saturated rings. The van der Waals surface area contributed by atoms with Crippen LogP contribution >= 0.6 is 15.9 Å². The molecule has 0 spiro atoms. The highest BCUT2D eigenvalue weighted by atomic mass is 79.9. The third-order valence-electron chi connectivity index (χ3n) is 3.82. The molecule has 3 rings (SSSR count). The van der Waals surface area contributed by atoms with Crippen LogP contribution in [-0.4, -0.2) is 38.2 Å². The van der Waals surface area contributed by atoms with E-state index in [1.54, 1.807) is 24.3 Å². The summed E-state index contributed by atoms with van der Waals surface area (Å²) in [6.07, 6.45) is -0.962. The van der Waals surface area contributed by atoms with Gasteiger partial charge in [0.25, 0.3) is 5.91 Å². The quantitative estimate of drug-likeness (QED) is 0.587. The lowest BCUT2D eigenvalue weighted by atomic mass is 10.1. The summed E-state index contributed by atoms with van der Waals surface area (Å²) in [5.41, 5.74) is 2.53. The second kappa shape index (κ2) is 8.75. The van der Waals surface area contributed by atoms with E-state index in [0.717, 1.165) is 20.4 Å². The summed E-state index contributed by atoms with van der Waals surface area (Å²) in [5, 5.41) is 14.6. The Balaban J connectivity index is 1.54. The highest BCUT2D eigenvalue weighted by Crippen LogP contribution is 2.15. The normalized spacial score (nSPS) is 11.7. The number of carbonyl (C=O) groups excluding carboxylic acids is 2. The van der Waals surface area contributed by atoms with Gasteiger partial charge >= 0.3 is 5.97 Å². The first-order chi connectivity index (χ1) is 13.4. The molecule has 1 heterocycles. The van der Waals surface area contributed by atoms with Crippen molar-refractivity contribution >= 4 is 33.5 Å². The van der Waals surface area contributed by atoms with Gasteiger partial charge in [0, 0.05) is 15.7 Å². The molecular weight excluding hydrogens is 426 g/mol. The topological polar surface area (TPSA) is 99.0 Å². The predicted octanol–water partition coefficient (Wildman–Crippen LogP) is 2.98. The number of hydrogen-bond donors (Lipinski definition) is 1. The van der Waals surface area contributed by atoms with Gasteiger partial charge < -0.3 is 10.1 Å². The van der Waals surface area contributed by atoms with Gasteiger partial charge in [-0.25, -0.2) is 4.79 Å². The smallest absolute Gasteiger partial charge is 0.330 e. The van der Waals surface area contributed by atoms with Crippen LogP contribution in [0, 0.1) is 6.92 Å². The van der Waals surface area contributed by atoms with Gasteiger partial charge in [-0.2, -0.15) is 4.80 Å². The second-order valence-corrected chi connectivity index (χ2v) is 7.05. The van der Waals surface area contributed by atoms with Crippen molar-refractivity contribution in [2.24, 2.45) is 0 Å². The molecule has 28 heavy (non-hydrogen) atoms. The maximum atomic E-state index is 12.2. The van der Waals surface area contributed by atoms with Crippen molar-refractivity contribution in [3.8, 4) is 11.4 Å². The summed E-state index contributed by atoms with van der Waals surface area (Å²) in [6, 6.07) is 14.7. The summed E-state index contributed by atoms with van der Waals surface area (Å²) in [6.45, 7) is 3.24. The van der Waals surface area contributed by atoms with E-state index >= 15 is 0 Å². The molecule has 0 radical (unpaired) electrons. The number of anilines is 1. The summed E-state index contributed by atoms with van der Waals surface area (Å²) in [7, 11) is 0. The molecule has 1 unspecified atom stereocenters. The Bertz CT molecular complexity index is 970. The standard InChI is InChI=1S/C19H18BrN5O3/c1-12-3-5-14(6-4-12)18-22-24-25(23-18)11-17(26)28-13(2)19(27)21-16-9-7-15(20)8-10-16/h3-10,13H,11H2,1-2H3,(H,21,27). The lowest BCUT2D eigenvalue weighted by Crippen LogP contribution is -2.31. The van der Waals surface area contributed by atoms with Gasteiger partial charge in [0.05, 0.1) is 0 Å². The monoisotopic (exact) mass is 443 g/mol. The van der Waals surface area contributed by atoms with E-state index in [2.05, 4.69) is 36.7 Å². The lowest BCUT2D eigenvalue weighted by molar-refractivity contribution is -0.154. The summed E-state index contributed by atoms with van der Waals surface area (Å²) in [4.78, 5) is 25.4. The zero-order valence-corrected chi connectivity index (χ0v) is 16.9. The van der Waals surface area contributed by atoms with Crippen LogP contribution in [-0.2, 0) is 20.9 Å². The van der Waals surface area contributed by atoms with Gasteiger partial charge in [-0.3, -0.25) is 4.79 Å². The Morgan fingerprint density at radius 1 is 1.14 bits per heavy atom. The molecule has 2 aromatic carbocycles. The van der Waals surface area contributed by atoms with E-state index in [0.29, 0.717) is 11.5 Å². The minimum absolute atomic E-state index is 0.241. The predicted molar refractivity (Wildman–Crippen MR) is 106 cm³/mol. The van der Waals surface area contributed by atoms with Crippen LogP contribution in [0.4, 0.5) is 5.69 Å². The zero-order valence-electron chi connectivity index (χ0n) is 15.3. The van der Waals surface area contributed by atoms with Gasteiger partial charge in [0.1, 0.15) is 0 Å². The molecule has 0 saturated carbocycles. The van der Waals surface area contributed by atoms with E-state index in [-0.39, 0.29) is 6.54 Å². The molecule has 144 valence electrons. The van der Waals surface area contributed by atoms with Crippen LogP contribution in [0.5, 0.6) is 0 Å². The van der Waals surface area contributed by atoms with E-state index in [4.69, 9.17) is 4.74 Å². The van der Waals surface area contributed by atoms with Gasteiger partial charge in [-0.15, -0.1) is 10.2 Å². The van der Waals surface area contributed by atoms with Crippen LogP contribution < -0.4 is 5.32 Å². The largest absolute Gasteiger partial charge is 0.451 e. The minimum Gasteiger partial charge on any atom is -0.451 e. The maximum Gasteiger partial charge on any atom is 0.330 e. The van der Waals surface area contributed by atoms with Gasteiger partial charge in [0.2, 0.25) is 5.82 Å². The number of aromatic nitrogens is 4. The molecule has 1 amide bonds. The number of rotatable bonds is 6.